The second-order valence-corrected chi connectivity index (χ2v) is 11.0. The molecule has 40 heavy (non-hydrogen) atoms. The van der Waals surface area contributed by atoms with Crippen molar-refractivity contribution in [2.24, 2.45) is 0 Å². The largest absolute Gasteiger partial charge is 0.490 e. The fourth-order valence-corrected chi connectivity index (χ4v) is 5.68. The quantitative estimate of drug-likeness (QED) is 0.478. The van der Waals surface area contributed by atoms with Crippen LogP contribution < -0.4 is 24.3 Å². The van der Waals surface area contributed by atoms with E-state index in [0.29, 0.717) is 42.0 Å². The zero-order valence-electron chi connectivity index (χ0n) is 23.2. The molecule has 0 amide bonds. The van der Waals surface area contributed by atoms with Gasteiger partial charge >= 0.3 is 0 Å². The number of β-amino-alcohol motifs (C(OH)–C–C–N with tert-alkyl or cyclic N) is 1. The molecule has 2 N–H and O–H groups in total. The molecule has 2 bridgehead atoms. The van der Waals surface area contributed by atoms with Crippen LogP contribution in [-0.2, 0) is 6.54 Å². The summed E-state index contributed by atoms with van der Waals surface area (Å²) >= 11 is 0. The van der Waals surface area contributed by atoms with Crippen molar-refractivity contribution in [3.63, 3.8) is 0 Å². The normalized spacial score (nSPS) is 19.2. The topological polar surface area (TPSA) is 101 Å². The Hall–Kier alpha value is -3.34. The molecular formula is C30H39N5O5. The highest BCUT2D eigenvalue weighted by Gasteiger charge is 2.24. The van der Waals surface area contributed by atoms with Crippen LogP contribution in [0, 0.1) is 0 Å². The van der Waals surface area contributed by atoms with Gasteiger partial charge in [0.15, 0.2) is 23.0 Å². The van der Waals surface area contributed by atoms with Crippen LogP contribution in [0.15, 0.2) is 30.6 Å². The number of aliphatic hydroxyl groups excluding tert-OH is 1. The van der Waals surface area contributed by atoms with E-state index in [2.05, 4.69) is 38.2 Å². The molecule has 0 aliphatic carbocycles. The molecule has 10 nitrogen and oxygen atoms in total. The van der Waals surface area contributed by atoms with Crippen LogP contribution >= 0.6 is 0 Å². The lowest BCUT2D eigenvalue weighted by Crippen LogP contribution is -2.38. The number of fused-ring (bicyclic) bond motifs is 4. The third-order valence-electron chi connectivity index (χ3n) is 7.80. The van der Waals surface area contributed by atoms with Crippen LogP contribution in [0.1, 0.15) is 44.1 Å². The van der Waals surface area contributed by atoms with Gasteiger partial charge in [-0.1, -0.05) is 12.5 Å². The number of ether oxygens (including phenoxy) is 4. The van der Waals surface area contributed by atoms with Gasteiger partial charge in [-0.25, -0.2) is 9.97 Å². The minimum Gasteiger partial charge on any atom is -0.490 e. The van der Waals surface area contributed by atoms with Crippen molar-refractivity contribution in [1.29, 1.82) is 0 Å². The first-order valence-corrected chi connectivity index (χ1v) is 14.5. The van der Waals surface area contributed by atoms with Gasteiger partial charge in [-0.3, -0.25) is 0 Å². The summed E-state index contributed by atoms with van der Waals surface area (Å²) in [4.78, 5) is 13.8. The molecular weight excluding hydrogens is 510 g/mol. The van der Waals surface area contributed by atoms with E-state index >= 15 is 0 Å². The molecule has 0 spiro atoms. The van der Waals surface area contributed by atoms with E-state index in [-0.39, 0.29) is 13.4 Å². The summed E-state index contributed by atoms with van der Waals surface area (Å²) in [7, 11) is 2.14. The zero-order valence-corrected chi connectivity index (χ0v) is 23.2. The summed E-state index contributed by atoms with van der Waals surface area (Å²) in [6.07, 6.45) is 7.68. The Kier molecular flexibility index (Phi) is 8.36. The van der Waals surface area contributed by atoms with Gasteiger partial charge in [-0.2, -0.15) is 0 Å². The van der Waals surface area contributed by atoms with Gasteiger partial charge in [0.2, 0.25) is 6.79 Å². The molecule has 3 aliphatic rings. The van der Waals surface area contributed by atoms with E-state index in [9.17, 15) is 5.11 Å². The Morgan fingerprint density at radius 1 is 0.975 bits per heavy atom. The monoisotopic (exact) mass is 549 g/mol. The third-order valence-corrected chi connectivity index (χ3v) is 7.80. The molecule has 6 rings (SSSR count). The minimum atomic E-state index is -0.580. The van der Waals surface area contributed by atoms with E-state index in [4.69, 9.17) is 18.9 Å². The van der Waals surface area contributed by atoms with Gasteiger partial charge in [0.25, 0.3) is 0 Å². The Bertz CT molecular complexity index is 1320. The fraction of sp³-hybridized carbons (Fsp3) is 0.533. The highest BCUT2D eigenvalue weighted by Crippen LogP contribution is 2.44. The first kappa shape index (κ1) is 26.9. The zero-order chi connectivity index (χ0) is 27.3. The molecule has 1 fully saturated rings. The molecule has 4 heterocycles. The molecule has 2 aromatic carbocycles. The molecule has 3 aromatic rings. The molecule has 1 atom stereocenters. The van der Waals surface area contributed by atoms with Crippen LogP contribution in [-0.4, -0.2) is 84.2 Å². The minimum absolute atomic E-state index is 0.191. The Balaban J connectivity index is 1.31. The predicted octanol–water partition coefficient (Wildman–Crippen LogP) is 4.32. The van der Waals surface area contributed by atoms with Crippen molar-refractivity contribution >= 4 is 22.4 Å². The maximum Gasteiger partial charge on any atom is 0.231 e. The summed E-state index contributed by atoms with van der Waals surface area (Å²) < 4.78 is 24.0. The molecule has 1 saturated heterocycles. The van der Waals surface area contributed by atoms with Crippen molar-refractivity contribution < 1.29 is 24.1 Å². The lowest BCUT2D eigenvalue weighted by Gasteiger charge is -2.28. The average molecular weight is 550 g/mol. The predicted molar refractivity (Wildman–Crippen MR) is 153 cm³/mol. The summed E-state index contributed by atoms with van der Waals surface area (Å²) in [6.45, 7) is 5.39. The average Bonchev–Trinajstić information content (AvgIpc) is 3.44. The first-order valence-electron chi connectivity index (χ1n) is 14.5. The number of aromatic nitrogens is 2. The van der Waals surface area contributed by atoms with E-state index in [1.807, 2.05) is 18.2 Å². The van der Waals surface area contributed by atoms with E-state index in [1.165, 1.54) is 19.3 Å². The Morgan fingerprint density at radius 2 is 1.82 bits per heavy atom. The van der Waals surface area contributed by atoms with E-state index in [1.54, 1.807) is 6.33 Å². The smallest absolute Gasteiger partial charge is 0.231 e. The number of nitrogens with zero attached hydrogens (tertiary/aromatic N) is 4. The number of rotatable bonds is 5. The maximum atomic E-state index is 10.7. The molecule has 10 heteroatoms. The standard InChI is InChI=1S/C30H39N5O5/c1-34-10-4-3-7-13-37-26-14-23-24(15-27(26)38-18-22(36)17-35-11-5-2-6-12-35)31-19-32-30(23)33-28-21(16-34)8-9-25-29(28)40-20-39-25/h8-9,14-15,19,22,36H,2-7,10-13,16-18,20H2,1H3,(H,31,32,33)/t22-/m0/s1. The van der Waals surface area contributed by atoms with Crippen LogP contribution in [0.4, 0.5) is 11.5 Å². The summed E-state index contributed by atoms with van der Waals surface area (Å²) in [5.74, 6) is 3.26. The molecule has 214 valence electrons. The van der Waals surface area contributed by atoms with E-state index < -0.39 is 6.10 Å². The Morgan fingerprint density at radius 3 is 2.73 bits per heavy atom. The molecule has 0 radical (unpaired) electrons. The SMILES string of the molecule is CN1CCCCCOc2cc3c(ncnc3cc2OC[C@@H](O)CN2CCCCC2)Nc2c(ccc3c2OCO3)C1. The number of hydrogen-bond acceptors (Lipinski definition) is 10. The molecule has 3 aliphatic heterocycles. The van der Waals surface area contributed by atoms with Crippen LogP contribution in [0.5, 0.6) is 23.0 Å². The summed E-state index contributed by atoms with van der Waals surface area (Å²) in [6, 6.07) is 7.88. The van der Waals surface area contributed by atoms with Crippen LogP contribution in [0.25, 0.3) is 10.9 Å². The highest BCUT2D eigenvalue weighted by molar-refractivity contribution is 5.94. The van der Waals surface area contributed by atoms with Gasteiger partial charge in [-0.05, 0) is 76.5 Å². The number of aliphatic hydroxyl groups is 1. The van der Waals surface area contributed by atoms with Gasteiger partial charge in [0, 0.05) is 24.5 Å². The lowest BCUT2D eigenvalue weighted by atomic mass is 10.1. The number of hydrogen-bond donors (Lipinski definition) is 2. The number of benzene rings is 2. The van der Waals surface area contributed by atoms with Crippen molar-refractivity contribution in [3.05, 3.63) is 36.2 Å². The van der Waals surface area contributed by atoms with Gasteiger partial charge < -0.3 is 39.2 Å². The fourth-order valence-electron chi connectivity index (χ4n) is 5.68. The van der Waals surface area contributed by atoms with E-state index in [0.717, 1.165) is 67.6 Å². The maximum absolute atomic E-state index is 10.7. The number of nitrogens with one attached hydrogen (secondary N) is 1. The third kappa shape index (κ3) is 6.19. The van der Waals surface area contributed by atoms with Crippen LogP contribution in [0.3, 0.4) is 0 Å². The second-order valence-electron chi connectivity index (χ2n) is 11.0. The van der Waals surface area contributed by atoms with Gasteiger partial charge in [-0.15, -0.1) is 0 Å². The number of piperidine rings is 1. The van der Waals surface area contributed by atoms with Gasteiger partial charge in [0.05, 0.1) is 17.8 Å². The number of likely N-dealkylation sites (tertiary alicyclic amines) is 1. The highest BCUT2D eigenvalue weighted by atomic mass is 16.7. The van der Waals surface area contributed by atoms with Crippen molar-refractivity contribution in [2.75, 3.05) is 58.6 Å². The number of anilines is 2. The van der Waals surface area contributed by atoms with Crippen LogP contribution in [0.2, 0.25) is 0 Å². The molecule has 0 unspecified atom stereocenters. The Labute approximate surface area is 235 Å². The second kappa shape index (κ2) is 12.4. The summed E-state index contributed by atoms with van der Waals surface area (Å²) in [5, 5.41) is 15.1. The molecule has 0 saturated carbocycles. The van der Waals surface area contributed by atoms with Crippen molar-refractivity contribution in [1.82, 2.24) is 19.8 Å². The first-order chi connectivity index (χ1) is 19.6. The van der Waals surface area contributed by atoms with Crippen molar-refractivity contribution in [3.8, 4) is 23.0 Å². The van der Waals surface area contributed by atoms with Crippen molar-refractivity contribution in [2.45, 2.75) is 51.2 Å². The summed E-state index contributed by atoms with van der Waals surface area (Å²) in [5.41, 5.74) is 2.67. The van der Waals surface area contributed by atoms with Gasteiger partial charge in [0.1, 0.15) is 24.9 Å². The molecule has 1 aromatic heterocycles. The lowest BCUT2D eigenvalue weighted by molar-refractivity contribution is 0.0606.